The van der Waals surface area contributed by atoms with Crippen LogP contribution in [-0.2, 0) is 10.0 Å². The molecule has 134 valence electrons. The standard InChI is InChI=1S/C17H20BrN3O3S/c1-12(13-6-4-7-14(18)10-13)19-17(22)20-15-8-5-9-16(11-15)25(23,24)21(2)3/h4-12H,1-3H3,(H2,19,20,22)/t12-/m1/s1. The fraction of sp³-hybridized carbons (Fsp3) is 0.235. The van der Waals surface area contributed by atoms with Crippen molar-refractivity contribution in [3.63, 3.8) is 0 Å². The average Bonchev–Trinajstić information content (AvgIpc) is 2.54. The van der Waals surface area contributed by atoms with Crippen LogP contribution in [0, 0.1) is 0 Å². The molecule has 0 unspecified atom stereocenters. The zero-order valence-electron chi connectivity index (χ0n) is 14.2. The maximum absolute atomic E-state index is 12.2. The quantitative estimate of drug-likeness (QED) is 0.767. The predicted octanol–water partition coefficient (Wildman–Crippen LogP) is 3.58. The van der Waals surface area contributed by atoms with Crippen molar-refractivity contribution in [1.29, 1.82) is 0 Å². The van der Waals surface area contributed by atoms with Gasteiger partial charge in [0.2, 0.25) is 10.0 Å². The van der Waals surface area contributed by atoms with Gasteiger partial charge in [0.05, 0.1) is 10.9 Å². The second-order valence-electron chi connectivity index (χ2n) is 5.69. The van der Waals surface area contributed by atoms with Gasteiger partial charge in [0, 0.05) is 24.3 Å². The maximum atomic E-state index is 12.2. The number of nitrogens with zero attached hydrogens (tertiary/aromatic N) is 1. The largest absolute Gasteiger partial charge is 0.331 e. The van der Waals surface area contributed by atoms with Gasteiger partial charge in [-0.2, -0.15) is 0 Å². The summed E-state index contributed by atoms with van der Waals surface area (Å²) in [5.74, 6) is 0. The van der Waals surface area contributed by atoms with Gasteiger partial charge in [-0.3, -0.25) is 0 Å². The number of rotatable bonds is 5. The molecule has 0 aromatic heterocycles. The van der Waals surface area contributed by atoms with E-state index in [1.165, 1.54) is 26.2 Å². The molecule has 2 amide bonds. The van der Waals surface area contributed by atoms with Gasteiger partial charge in [-0.05, 0) is 42.8 Å². The smallest absolute Gasteiger partial charge is 0.319 e. The summed E-state index contributed by atoms with van der Waals surface area (Å²) in [5.41, 5.74) is 1.36. The van der Waals surface area contributed by atoms with E-state index in [1.54, 1.807) is 12.1 Å². The van der Waals surface area contributed by atoms with Crippen molar-refractivity contribution in [3.8, 4) is 0 Å². The molecule has 0 aliphatic heterocycles. The topological polar surface area (TPSA) is 78.5 Å². The first-order valence-corrected chi connectivity index (χ1v) is 9.79. The minimum Gasteiger partial charge on any atom is -0.331 e. The molecular weight excluding hydrogens is 406 g/mol. The van der Waals surface area contributed by atoms with Crippen molar-refractivity contribution in [1.82, 2.24) is 9.62 Å². The van der Waals surface area contributed by atoms with Crippen LogP contribution in [0.5, 0.6) is 0 Å². The molecule has 2 rings (SSSR count). The molecule has 0 saturated carbocycles. The summed E-state index contributed by atoms with van der Waals surface area (Å²) in [7, 11) is -0.629. The molecule has 8 heteroatoms. The second-order valence-corrected chi connectivity index (χ2v) is 8.76. The van der Waals surface area contributed by atoms with Crippen LogP contribution in [0.25, 0.3) is 0 Å². The van der Waals surface area contributed by atoms with Crippen molar-refractivity contribution in [3.05, 3.63) is 58.6 Å². The van der Waals surface area contributed by atoms with Crippen LogP contribution >= 0.6 is 15.9 Å². The van der Waals surface area contributed by atoms with Crippen LogP contribution in [0.4, 0.5) is 10.5 Å². The van der Waals surface area contributed by atoms with E-state index in [2.05, 4.69) is 26.6 Å². The Morgan fingerprint density at radius 1 is 1.12 bits per heavy atom. The molecule has 0 radical (unpaired) electrons. The fourth-order valence-electron chi connectivity index (χ4n) is 2.17. The molecule has 0 spiro atoms. The number of urea groups is 1. The maximum Gasteiger partial charge on any atom is 0.319 e. The molecule has 2 aromatic rings. The Labute approximate surface area is 156 Å². The monoisotopic (exact) mass is 425 g/mol. The van der Waals surface area contributed by atoms with E-state index in [9.17, 15) is 13.2 Å². The molecule has 1 atom stereocenters. The number of anilines is 1. The van der Waals surface area contributed by atoms with Crippen molar-refractivity contribution in [2.24, 2.45) is 0 Å². The summed E-state index contributed by atoms with van der Waals surface area (Å²) in [6.45, 7) is 1.87. The highest BCUT2D eigenvalue weighted by Crippen LogP contribution is 2.20. The molecular formula is C17H20BrN3O3S. The van der Waals surface area contributed by atoms with Crippen molar-refractivity contribution in [2.45, 2.75) is 17.9 Å². The Morgan fingerprint density at radius 2 is 1.80 bits per heavy atom. The minimum atomic E-state index is -3.55. The van der Waals surface area contributed by atoms with E-state index in [0.29, 0.717) is 5.69 Å². The first kappa shape index (κ1) is 19.4. The van der Waals surface area contributed by atoms with E-state index in [-0.39, 0.29) is 10.9 Å². The van der Waals surface area contributed by atoms with Gasteiger partial charge in [0.1, 0.15) is 0 Å². The van der Waals surface area contributed by atoms with Gasteiger partial charge in [-0.15, -0.1) is 0 Å². The number of halogens is 1. The average molecular weight is 426 g/mol. The predicted molar refractivity (Wildman–Crippen MR) is 102 cm³/mol. The second kappa shape index (κ2) is 7.99. The molecule has 0 aliphatic rings. The molecule has 0 bridgehead atoms. The normalized spacial score (nSPS) is 12.7. The molecule has 0 heterocycles. The van der Waals surface area contributed by atoms with Crippen molar-refractivity contribution < 1.29 is 13.2 Å². The molecule has 25 heavy (non-hydrogen) atoms. The number of nitrogens with one attached hydrogen (secondary N) is 2. The van der Waals surface area contributed by atoms with Crippen LogP contribution < -0.4 is 10.6 Å². The van der Waals surface area contributed by atoms with Gasteiger partial charge < -0.3 is 10.6 Å². The molecule has 2 aromatic carbocycles. The third-order valence-electron chi connectivity index (χ3n) is 3.57. The summed E-state index contributed by atoms with van der Waals surface area (Å²) in [5, 5.41) is 5.49. The Balaban J connectivity index is 2.08. The highest BCUT2D eigenvalue weighted by atomic mass is 79.9. The van der Waals surface area contributed by atoms with Crippen molar-refractivity contribution in [2.75, 3.05) is 19.4 Å². The number of carbonyl (C=O) groups excluding carboxylic acids is 1. The lowest BCUT2D eigenvalue weighted by atomic mass is 10.1. The number of sulfonamides is 1. The fourth-order valence-corrected chi connectivity index (χ4v) is 3.53. The van der Waals surface area contributed by atoms with Gasteiger partial charge in [-0.1, -0.05) is 34.1 Å². The lowest BCUT2D eigenvalue weighted by Gasteiger charge is -2.16. The minimum absolute atomic E-state index is 0.121. The summed E-state index contributed by atoms with van der Waals surface area (Å²) in [6, 6.07) is 13.2. The molecule has 0 saturated heterocycles. The Morgan fingerprint density at radius 3 is 2.44 bits per heavy atom. The van der Waals surface area contributed by atoms with Crippen LogP contribution in [-0.4, -0.2) is 32.8 Å². The van der Waals surface area contributed by atoms with Crippen molar-refractivity contribution >= 4 is 37.7 Å². The molecule has 0 aliphatic carbocycles. The highest BCUT2D eigenvalue weighted by molar-refractivity contribution is 9.10. The number of hydrogen-bond donors (Lipinski definition) is 2. The lowest BCUT2D eigenvalue weighted by molar-refractivity contribution is 0.249. The summed E-state index contributed by atoms with van der Waals surface area (Å²) < 4.78 is 26.4. The van der Waals surface area contributed by atoms with E-state index >= 15 is 0 Å². The summed E-state index contributed by atoms with van der Waals surface area (Å²) >= 11 is 3.40. The Kier molecular flexibility index (Phi) is 6.21. The molecule has 2 N–H and O–H groups in total. The van der Waals surface area contributed by atoms with E-state index in [4.69, 9.17) is 0 Å². The van der Waals surface area contributed by atoms with E-state index in [1.807, 2.05) is 31.2 Å². The van der Waals surface area contributed by atoms with E-state index in [0.717, 1.165) is 14.3 Å². The third kappa shape index (κ3) is 5.04. The first-order valence-electron chi connectivity index (χ1n) is 7.56. The summed E-state index contributed by atoms with van der Waals surface area (Å²) in [4.78, 5) is 12.3. The summed E-state index contributed by atoms with van der Waals surface area (Å²) in [6.07, 6.45) is 0. The molecule has 0 fully saturated rings. The molecule has 6 nitrogen and oxygen atoms in total. The highest BCUT2D eigenvalue weighted by Gasteiger charge is 2.18. The number of benzene rings is 2. The Bertz CT molecular complexity index is 869. The number of hydrogen-bond acceptors (Lipinski definition) is 3. The van der Waals surface area contributed by atoms with Crippen LogP contribution in [0.3, 0.4) is 0 Å². The van der Waals surface area contributed by atoms with Gasteiger partial charge in [-0.25, -0.2) is 17.5 Å². The van der Waals surface area contributed by atoms with Crippen LogP contribution in [0.15, 0.2) is 57.9 Å². The van der Waals surface area contributed by atoms with Crippen LogP contribution in [0.1, 0.15) is 18.5 Å². The zero-order valence-corrected chi connectivity index (χ0v) is 16.6. The van der Waals surface area contributed by atoms with Gasteiger partial charge >= 0.3 is 6.03 Å². The first-order chi connectivity index (χ1) is 11.7. The van der Waals surface area contributed by atoms with Gasteiger partial charge in [0.15, 0.2) is 0 Å². The zero-order chi connectivity index (χ0) is 18.6. The Hall–Kier alpha value is -1.90. The third-order valence-corrected chi connectivity index (χ3v) is 5.87. The lowest BCUT2D eigenvalue weighted by Crippen LogP contribution is -2.31. The van der Waals surface area contributed by atoms with Gasteiger partial charge in [0.25, 0.3) is 0 Å². The number of amides is 2. The van der Waals surface area contributed by atoms with E-state index < -0.39 is 16.1 Å². The van der Waals surface area contributed by atoms with Crippen LogP contribution in [0.2, 0.25) is 0 Å². The SMILES string of the molecule is C[C@@H](NC(=O)Nc1cccc(S(=O)(=O)N(C)C)c1)c1cccc(Br)c1. The number of carbonyl (C=O) groups is 1.